The molecule has 0 aliphatic carbocycles. The lowest BCUT2D eigenvalue weighted by Gasteiger charge is -2.36. The zero-order valence-corrected chi connectivity index (χ0v) is 11.8. The molecule has 5 heteroatoms. The molecule has 100 valence electrons. The maximum Gasteiger partial charge on any atom is 0.120 e. The van der Waals surface area contributed by atoms with Gasteiger partial charge in [-0.3, -0.25) is 0 Å². The predicted octanol–water partition coefficient (Wildman–Crippen LogP) is 2.97. The smallest absolute Gasteiger partial charge is 0.120 e. The summed E-state index contributed by atoms with van der Waals surface area (Å²) < 4.78 is 30.4. The van der Waals surface area contributed by atoms with Crippen molar-refractivity contribution in [1.29, 1.82) is 0 Å². The van der Waals surface area contributed by atoms with E-state index in [1.807, 2.05) is 24.3 Å². The van der Waals surface area contributed by atoms with Crippen LogP contribution in [0.4, 0.5) is 4.39 Å². The molecule has 1 aromatic carbocycles. The van der Waals surface area contributed by atoms with Crippen molar-refractivity contribution < 1.29 is 18.6 Å². The largest absolute Gasteiger partial charge is 0.491 e. The number of alkyl halides is 1. The van der Waals surface area contributed by atoms with E-state index >= 15 is 0 Å². The van der Waals surface area contributed by atoms with Crippen LogP contribution in [0.1, 0.15) is 6.92 Å². The molecular weight excluding hydrogens is 303 g/mol. The first-order valence-electron chi connectivity index (χ1n) is 5.81. The first-order valence-corrected chi connectivity index (χ1v) is 6.60. The van der Waals surface area contributed by atoms with E-state index in [9.17, 15) is 4.39 Å². The minimum absolute atomic E-state index is 0.233. The van der Waals surface area contributed by atoms with E-state index in [4.69, 9.17) is 14.2 Å². The van der Waals surface area contributed by atoms with E-state index in [0.717, 1.165) is 10.2 Å². The maximum atomic E-state index is 12.8. The molecule has 1 saturated heterocycles. The second-order valence-electron chi connectivity index (χ2n) is 4.60. The Morgan fingerprint density at radius 2 is 2.17 bits per heavy atom. The molecule has 0 bridgehead atoms. The number of rotatable bonds is 4. The number of hydrogen-bond donors (Lipinski definition) is 0. The van der Waals surface area contributed by atoms with Crippen LogP contribution in [0.15, 0.2) is 28.7 Å². The normalized spacial score (nSPS) is 28.1. The topological polar surface area (TPSA) is 27.7 Å². The average Bonchev–Trinajstić information content (AvgIpc) is 2.38. The minimum atomic E-state index is -0.841. The van der Waals surface area contributed by atoms with E-state index in [1.54, 1.807) is 6.92 Å². The Bertz CT molecular complexity index is 384. The van der Waals surface area contributed by atoms with Crippen molar-refractivity contribution in [1.82, 2.24) is 0 Å². The lowest BCUT2D eigenvalue weighted by Crippen LogP contribution is -2.48. The van der Waals surface area contributed by atoms with Gasteiger partial charge in [0, 0.05) is 4.47 Å². The van der Waals surface area contributed by atoms with Gasteiger partial charge in [-0.25, -0.2) is 4.39 Å². The van der Waals surface area contributed by atoms with Gasteiger partial charge in [0.15, 0.2) is 0 Å². The first-order chi connectivity index (χ1) is 8.61. The van der Waals surface area contributed by atoms with Gasteiger partial charge in [0.05, 0.1) is 13.2 Å². The molecule has 0 spiro atoms. The first kappa shape index (κ1) is 13.8. The Kier molecular flexibility index (Phi) is 4.59. The summed E-state index contributed by atoms with van der Waals surface area (Å²) in [6, 6.07) is 7.53. The summed E-state index contributed by atoms with van der Waals surface area (Å²) in [7, 11) is 0. The summed E-state index contributed by atoms with van der Waals surface area (Å²) in [6.45, 7) is 2.24. The maximum absolute atomic E-state index is 12.8. The van der Waals surface area contributed by atoms with Gasteiger partial charge in [0.1, 0.15) is 30.7 Å². The molecular formula is C13H16BrFO3. The highest BCUT2D eigenvalue weighted by atomic mass is 79.9. The molecule has 2 rings (SSSR count). The number of halogens is 2. The number of benzene rings is 1. The van der Waals surface area contributed by atoms with Gasteiger partial charge in [0.2, 0.25) is 0 Å². The Balaban J connectivity index is 1.85. The van der Waals surface area contributed by atoms with Crippen LogP contribution in [0.25, 0.3) is 0 Å². The van der Waals surface area contributed by atoms with Gasteiger partial charge in [-0.1, -0.05) is 15.9 Å². The van der Waals surface area contributed by atoms with Crippen LogP contribution < -0.4 is 4.74 Å². The molecule has 0 unspecified atom stereocenters. The predicted molar refractivity (Wildman–Crippen MR) is 69.7 cm³/mol. The molecule has 18 heavy (non-hydrogen) atoms. The Morgan fingerprint density at radius 1 is 1.44 bits per heavy atom. The van der Waals surface area contributed by atoms with Crippen LogP contribution in [0, 0.1) is 0 Å². The zero-order chi connectivity index (χ0) is 13.0. The molecule has 0 aromatic heterocycles. The highest BCUT2D eigenvalue weighted by molar-refractivity contribution is 9.10. The van der Waals surface area contributed by atoms with Crippen LogP contribution >= 0.6 is 15.9 Å². The quantitative estimate of drug-likeness (QED) is 0.854. The summed E-state index contributed by atoms with van der Waals surface area (Å²) >= 11 is 3.36. The fourth-order valence-electron chi connectivity index (χ4n) is 1.75. The number of hydrogen-bond acceptors (Lipinski definition) is 3. The van der Waals surface area contributed by atoms with Crippen LogP contribution in [-0.4, -0.2) is 38.2 Å². The lowest BCUT2D eigenvalue weighted by atomic mass is 10.1. The SMILES string of the molecule is C[C@@]1(CF)COC[C@@H](COc2ccc(Br)cc2)O1. The van der Waals surface area contributed by atoms with E-state index in [0.29, 0.717) is 13.2 Å². The third-order valence-electron chi connectivity index (χ3n) is 2.69. The Hall–Kier alpha value is -0.650. The highest BCUT2D eigenvalue weighted by Gasteiger charge is 2.34. The van der Waals surface area contributed by atoms with Gasteiger partial charge in [-0.2, -0.15) is 0 Å². The van der Waals surface area contributed by atoms with Crippen molar-refractivity contribution in [3.05, 3.63) is 28.7 Å². The molecule has 3 nitrogen and oxygen atoms in total. The van der Waals surface area contributed by atoms with E-state index < -0.39 is 12.3 Å². The van der Waals surface area contributed by atoms with Gasteiger partial charge in [-0.15, -0.1) is 0 Å². The average molecular weight is 319 g/mol. The van der Waals surface area contributed by atoms with Crippen LogP contribution in [0.3, 0.4) is 0 Å². The van der Waals surface area contributed by atoms with Crippen molar-refractivity contribution >= 4 is 15.9 Å². The summed E-state index contributed by atoms with van der Waals surface area (Å²) in [5.74, 6) is 0.759. The van der Waals surface area contributed by atoms with Gasteiger partial charge in [0.25, 0.3) is 0 Å². The lowest BCUT2D eigenvalue weighted by molar-refractivity contribution is -0.202. The summed E-state index contributed by atoms with van der Waals surface area (Å²) in [5, 5.41) is 0. The fourth-order valence-corrected chi connectivity index (χ4v) is 2.01. The standard InChI is InChI=1S/C13H16BrFO3/c1-13(8-15)9-16-6-12(18-13)7-17-11-4-2-10(14)3-5-11/h2-5,12H,6-9H2,1H3/t12-,13+/m0/s1. The molecule has 1 aliphatic rings. The molecule has 1 fully saturated rings. The number of ether oxygens (including phenoxy) is 3. The van der Waals surface area contributed by atoms with Gasteiger partial charge >= 0.3 is 0 Å². The third-order valence-corrected chi connectivity index (χ3v) is 3.22. The highest BCUT2D eigenvalue weighted by Crippen LogP contribution is 2.21. The van der Waals surface area contributed by atoms with Gasteiger partial charge < -0.3 is 14.2 Å². The van der Waals surface area contributed by atoms with Crippen molar-refractivity contribution in [2.24, 2.45) is 0 Å². The zero-order valence-electron chi connectivity index (χ0n) is 10.2. The van der Waals surface area contributed by atoms with Crippen molar-refractivity contribution in [3.8, 4) is 5.75 Å². The Labute approximate surface area is 114 Å². The Morgan fingerprint density at radius 3 is 2.83 bits per heavy atom. The van der Waals surface area contributed by atoms with E-state index in [1.165, 1.54) is 0 Å². The third kappa shape index (κ3) is 3.67. The second-order valence-corrected chi connectivity index (χ2v) is 5.52. The fraction of sp³-hybridized carbons (Fsp3) is 0.538. The van der Waals surface area contributed by atoms with Crippen molar-refractivity contribution in [3.63, 3.8) is 0 Å². The van der Waals surface area contributed by atoms with Crippen LogP contribution in [-0.2, 0) is 9.47 Å². The van der Waals surface area contributed by atoms with E-state index in [2.05, 4.69) is 15.9 Å². The monoisotopic (exact) mass is 318 g/mol. The molecule has 0 saturated carbocycles. The summed E-state index contributed by atoms with van der Waals surface area (Å²) in [5.41, 5.74) is -0.841. The molecule has 1 aliphatic heterocycles. The summed E-state index contributed by atoms with van der Waals surface area (Å²) in [4.78, 5) is 0. The second kappa shape index (κ2) is 5.99. The molecule has 0 N–H and O–H groups in total. The van der Waals surface area contributed by atoms with Crippen LogP contribution in [0.2, 0.25) is 0 Å². The molecule has 0 amide bonds. The molecule has 1 heterocycles. The van der Waals surface area contributed by atoms with Gasteiger partial charge in [-0.05, 0) is 31.2 Å². The molecule has 0 radical (unpaired) electrons. The van der Waals surface area contributed by atoms with E-state index in [-0.39, 0.29) is 12.7 Å². The minimum Gasteiger partial charge on any atom is -0.491 e. The molecule has 2 atom stereocenters. The van der Waals surface area contributed by atoms with Crippen molar-refractivity contribution in [2.45, 2.75) is 18.6 Å². The van der Waals surface area contributed by atoms with Crippen molar-refractivity contribution in [2.75, 3.05) is 26.5 Å². The molecule has 1 aromatic rings. The van der Waals surface area contributed by atoms with Crippen LogP contribution in [0.5, 0.6) is 5.75 Å². The summed E-state index contributed by atoms with van der Waals surface area (Å²) in [6.07, 6.45) is -0.233.